The molecule has 3 aliphatic rings. The number of ether oxygens (including phenoxy) is 1. The fourth-order valence-corrected chi connectivity index (χ4v) is 6.34. The van der Waals surface area contributed by atoms with Crippen LogP contribution in [-0.2, 0) is 19.1 Å². The van der Waals surface area contributed by atoms with Crippen LogP contribution < -0.4 is 11.5 Å². The van der Waals surface area contributed by atoms with Crippen LogP contribution in [0.4, 0.5) is 9.59 Å². The lowest BCUT2D eigenvalue weighted by atomic mass is 9.72. The van der Waals surface area contributed by atoms with Crippen molar-refractivity contribution in [1.29, 1.82) is 5.26 Å². The van der Waals surface area contributed by atoms with Gasteiger partial charge in [0.2, 0.25) is 0 Å². The monoisotopic (exact) mass is 603 g/mol. The number of nitrogens with two attached hydrogens (primary N) is 2. The maximum atomic E-state index is 13.4. The predicted molar refractivity (Wildman–Crippen MR) is 157 cm³/mol. The Morgan fingerprint density at radius 3 is 2.17 bits per heavy atom. The zero-order chi connectivity index (χ0) is 31.6. The molecule has 0 spiro atoms. The molecule has 13 nitrogen and oxygen atoms in total. The SMILES string of the molecule is CCCCN1C(=O)C(=C(N)N)C(=O)N(C2CCC(C#N)(CN3C(=O)N(COCC[Si](C)(C)C)C(=O)C3(C)C)CC2)C1=O. The summed E-state index contributed by atoms with van der Waals surface area (Å²) in [5.74, 6) is -2.47. The molecule has 0 atom stereocenters. The van der Waals surface area contributed by atoms with Gasteiger partial charge < -0.3 is 21.1 Å². The van der Waals surface area contributed by atoms with Crippen molar-refractivity contribution in [3.05, 3.63) is 11.4 Å². The molecule has 2 saturated heterocycles. The summed E-state index contributed by atoms with van der Waals surface area (Å²) in [4.78, 5) is 70.6. The molecule has 0 radical (unpaired) electrons. The minimum absolute atomic E-state index is 0.0170. The van der Waals surface area contributed by atoms with Gasteiger partial charge in [0.05, 0.1) is 11.5 Å². The molecule has 4 N–H and O–H groups in total. The number of barbiturate groups is 1. The third-order valence-corrected chi connectivity index (χ3v) is 10.2. The van der Waals surface area contributed by atoms with Crippen molar-refractivity contribution in [2.24, 2.45) is 16.9 Å². The Morgan fingerprint density at radius 2 is 1.64 bits per heavy atom. The zero-order valence-electron chi connectivity index (χ0n) is 25.7. The van der Waals surface area contributed by atoms with Crippen LogP contribution in [0.5, 0.6) is 0 Å². The second kappa shape index (κ2) is 12.4. The second-order valence-corrected chi connectivity index (χ2v) is 18.9. The summed E-state index contributed by atoms with van der Waals surface area (Å²) in [6.07, 6.45) is 2.37. The lowest BCUT2D eigenvalue weighted by molar-refractivity contribution is -0.139. The molecule has 0 bridgehead atoms. The molecule has 0 aromatic rings. The standard InChI is InChI=1S/C28H45N7O6Si/c1-7-8-13-32-22(36)20(21(30)31)23(37)35(26(32)40)19-9-11-28(16-29,12-10-19)17-34-25(39)33(24(38)27(34,2)3)18-41-14-15-42(4,5)6/h19H,7-15,17-18,30-31H2,1-6H3. The first kappa shape index (κ1) is 33.1. The second-order valence-electron chi connectivity index (χ2n) is 13.2. The molecule has 2 heterocycles. The van der Waals surface area contributed by atoms with Crippen molar-refractivity contribution < 1.29 is 28.7 Å². The van der Waals surface area contributed by atoms with E-state index in [-0.39, 0.29) is 51.4 Å². The molecule has 0 aromatic heterocycles. The summed E-state index contributed by atoms with van der Waals surface area (Å²) in [7, 11) is -1.34. The van der Waals surface area contributed by atoms with Crippen molar-refractivity contribution in [3.63, 3.8) is 0 Å². The number of rotatable bonds is 11. The molecule has 14 heteroatoms. The Balaban J connectivity index is 1.74. The maximum Gasteiger partial charge on any atom is 0.334 e. The lowest BCUT2D eigenvalue weighted by Gasteiger charge is -2.44. The number of carbonyl (C=O) groups excluding carboxylic acids is 5. The summed E-state index contributed by atoms with van der Waals surface area (Å²) < 4.78 is 5.69. The normalized spacial score (nSPS) is 25.0. The molecular formula is C28H45N7O6Si. The van der Waals surface area contributed by atoms with Crippen LogP contribution in [0.1, 0.15) is 59.3 Å². The van der Waals surface area contributed by atoms with Gasteiger partial charge in [0, 0.05) is 33.8 Å². The average molecular weight is 604 g/mol. The number of hydrogen-bond acceptors (Lipinski definition) is 9. The third-order valence-electron chi connectivity index (χ3n) is 8.45. The summed E-state index contributed by atoms with van der Waals surface area (Å²) in [5.41, 5.74) is 8.78. The smallest absolute Gasteiger partial charge is 0.334 e. The van der Waals surface area contributed by atoms with E-state index < -0.39 is 60.3 Å². The van der Waals surface area contributed by atoms with Crippen LogP contribution in [0, 0.1) is 16.7 Å². The summed E-state index contributed by atoms with van der Waals surface area (Å²) in [6, 6.07) is 1.46. The first-order chi connectivity index (χ1) is 19.5. The van der Waals surface area contributed by atoms with E-state index in [1.165, 1.54) is 4.90 Å². The van der Waals surface area contributed by atoms with Gasteiger partial charge in [-0.2, -0.15) is 5.26 Å². The number of carbonyl (C=O) groups is 5. The molecule has 42 heavy (non-hydrogen) atoms. The van der Waals surface area contributed by atoms with Crippen molar-refractivity contribution in [2.45, 2.75) is 96.6 Å². The van der Waals surface area contributed by atoms with Gasteiger partial charge >= 0.3 is 12.1 Å². The van der Waals surface area contributed by atoms with E-state index in [1.54, 1.807) is 13.8 Å². The van der Waals surface area contributed by atoms with Gasteiger partial charge in [0.1, 0.15) is 23.7 Å². The van der Waals surface area contributed by atoms with Crippen molar-refractivity contribution in [2.75, 3.05) is 26.4 Å². The van der Waals surface area contributed by atoms with Gasteiger partial charge in [-0.05, 0) is 52.0 Å². The van der Waals surface area contributed by atoms with Gasteiger partial charge in [-0.15, -0.1) is 0 Å². The topological polar surface area (TPSA) is 183 Å². The molecule has 0 aromatic carbocycles. The first-order valence-electron chi connectivity index (χ1n) is 14.6. The third kappa shape index (κ3) is 6.46. The summed E-state index contributed by atoms with van der Waals surface area (Å²) in [5, 5.41) is 10.3. The molecule has 3 rings (SSSR count). The van der Waals surface area contributed by atoms with Crippen LogP contribution in [-0.4, -0.2) is 95.5 Å². The number of nitrogens with zero attached hydrogens (tertiary/aromatic N) is 5. The summed E-state index contributed by atoms with van der Waals surface area (Å²) >= 11 is 0. The van der Waals surface area contributed by atoms with Crippen LogP contribution in [0.3, 0.4) is 0 Å². The average Bonchev–Trinajstić information content (AvgIpc) is 3.05. The molecule has 0 unspecified atom stereocenters. The lowest BCUT2D eigenvalue weighted by Crippen LogP contribution is -2.61. The molecule has 1 saturated carbocycles. The number of unbranched alkanes of at least 4 members (excludes halogenated alkanes) is 1. The maximum absolute atomic E-state index is 13.4. The van der Waals surface area contributed by atoms with E-state index in [4.69, 9.17) is 16.2 Å². The highest BCUT2D eigenvalue weighted by Crippen LogP contribution is 2.42. The van der Waals surface area contributed by atoms with E-state index in [0.717, 1.165) is 27.2 Å². The predicted octanol–water partition coefficient (Wildman–Crippen LogP) is 2.51. The van der Waals surface area contributed by atoms with Crippen molar-refractivity contribution in [3.8, 4) is 6.07 Å². The van der Waals surface area contributed by atoms with E-state index in [9.17, 15) is 29.2 Å². The molecule has 232 valence electrons. The van der Waals surface area contributed by atoms with Gasteiger partial charge in [0.25, 0.3) is 17.7 Å². The minimum Gasteiger partial charge on any atom is -0.385 e. The molecule has 2 aliphatic heterocycles. The molecule has 7 amide bonds. The fourth-order valence-electron chi connectivity index (χ4n) is 5.59. The Bertz CT molecular complexity index is 1190. The highest BCUT2D eigenvalue weighted by molar-refractivity contribution is 6.76. The van der Waals surface area contributed by atoms with Crippen LogP contribution in [0.15, 0.2) is 11.4 Å². The van der Waals surface area contributed by atoms with E-state index in [2.05, 4.69) is 25.7 Å². The van der Waals surface area contributed by atoms with E-state index in [1.807, 2.05) is 6.92 Å². The van der Waals surface area contributed by atoms with Gasteiger partial charge in [-0.1, -0.05) is 33.0 Å². The fraction of sp³-hybridized carbons (Fsp3) is 0.714. The van der Waals surface area contributed by atoms with Gasteiger partial charge in [0.15, 0.2) is 0 Å². The Labute approximate surface area is 248 Å². The largest absolute Gasteiger partial charge is 0.385 e. The van der Waals surface area contributed by atoms with Gasteiger partial charge in [-0.25, -0.2) is 14.5 Å². The van der Waals surface area contributed by atoms with E-state index >= 15 is 0 Å². The molecular weight excluding hydrogens is 558 g/mol. The molecule has 3 fully saturated rings. The van der Waals surface area contributed by atoms with Crippen LogP contribution in [0.2, 0.25) is 25.7 Å². The zero-order valence-corrected chi connectivity index (χ0v) is 26.7. The van der Waals surface area contributed by atoms with Crippen molar-refractivity contribution in [1.82, 2.24) is 19.6 Å². The first-order valence-corrected chi connectivity index (χ1v) is 18.3. The van der Waals surface area contributed by atoms with Gasteiger partial charge in [-0.3, -0.25) is 24.2 Å². The quantitative estimate of drug-likeness (QED) is 0.118. The number of amides is 7. The number of hydrogen-bond donors (Lipinski definition) is 2. The van der Waals surface area contributed by atoms with Crippen LogP contribution >= 0.6 is 0 Å². The number of imide groups is 3. The highest BCUT2D eigenvalue weighted by atomic mass is 28.3. The number of nitriles is 1. The summed E-state index contributed by atoms with van der Waals surface area (Å²) in [6.45, 7) is 12.3. The van der Waals surface area contributed by atoms with E-state index in [0.29, 0.717) is 13.0 Å². The van der Waals surface area contributed by atoms with Crippen molar-refractivity contribution >= 4 is 37.9 Å². The Kier molecular flexibility index (Phi) is 9.78. The molecule has 1 aliphatic carbocycles. The Morgan fingerprint density at radius 1 is 1.02 bits per heavy atom. The highest BCUT2D eigenvalue weighted by Gasteiger charge is 2.55. The minimum atomic E-state index is -1.34. The Hall–Kier alpha value is -3.44. The van der Waals surface area contributed by atoms with Crippen LogP contribution in [0.25, 0.3) is 0 Å². The number of urea groups is 2.